The van der Waals surface area contributed by atoms with Gasteiger partial charge in [0.15, 0.2) is 34.3 Å². The summed E-state index contributed by atoms with van der Waals surface area (Å²) >= 11 is 11.8. The van der Waals surface area contributed by atoms with E-state index in [1.54, 1.807) is 29.6 Å². The van der Waals surface area contributed by atoms with E-state index in [1.807, 2.05) is 38.8 Å². The van der Waals surface area contributed by atoms with Crippen LogP contribution in [0.25, 0.3) is 28.0 Å². The Bertz CT molecular complexity index is 4090. The molecule has 2 amide bonds. The van der Waals surface area contributed by atoms with Crippen LogP contribution >= 0.6 is 23.2 Å². The van der Waals surface area contributed by atoms with Crippen molar-refractivity contribution in [3.05, 3.63) is 166 Å². The molecule has 11 heterocycles. The molecule has 11 aromatic heterocycles. The van der Waals surface area contributed by atoms with Gasteiger partial charge in [0.2, 0.25) is 0 Å². The molecule has 0 saturated heterocycles. The number of fused-ring (bicyclic) bond motifs is 4. The number of anilines is 1. The monoisotopic (exact) mass is 1100 g/mol. The lowest BCUT2D eigenvalue weighted by Crippen LogP contribution is -2.23. The first kappa shape index (κ1) is 51.1. The molecule has 0 spiro atoms. The quantitative estimate of drug-likeness (QED) is 0.105. The fourth-order valence-corrected chi connectivity index (χ4v) is 9.01. The number of halogens is 4. The van der Waals surface area contributed by atoms with Crippen LogP contribution in [0, 0.1) is 18.6 Å². The third-order valence-electron chi connectivity index (χ3n) is 13.0. The van der Waals surface area contributed by atoms with Gasteiger partial charge in [-0.3, -0.25) is 19.0 Å². The fraction of sp³-hybridized carbons (Fsp3) is 0.260. The number of carbonyl (C=O) groups is 3. The van der Waals surface area contributed by atoms with Crippen LogP contribution in [0.15, 0.2) is 92.8 Å². The average molecular weight is 1100 g/mol. The molecule has 78 heavy (non-hydrogen) atoms. The molecule has 0 aliphatic heterocycles. The van der Waals surface area contributed by atoms with E-state index in [1.165, 1.54) is 88.2 Å². The van der Waals surface area contributed by atoms with Crippen LogP contribution in [0.4, 0.5) is 14.5 Å². The first-order valence-corrected chi connectivity index (χ1v) is 25.2. The van der Waals surface area contributed by atoms with Gasteiger partial charge in [-0.1, -0.05) is 33.6 Å². The number of hydrogen-bond donors (Lipinski definition) is 4. The minimum Gasteiger partial charge on any atom is -0.396 e. The lowest BCUT2D eigenvalue weighted by atomic mass is 10.2. The van der Waals surface area contributed by atoms with Crippen molar-refractivity contribution in [3.8, 4) is 5.69 Å². The number of hydrogen-bond acceptors (Lipinski definition) is 15. The second-order valence-corrected chi connectivity index (χ2v) is 19.6. The molecular formula is C50H47Cl2F2N21O3. The van der Waals surface area contributed by atoms with Gasteiger partial charge in [0.25, 0.3) is 11.8 Å². The van der Waals surface area contributed by atoms with Crippen molar-refractivity contribution < 1.29 is 23.2 Å². The number of rotatable bonds is 14. The zero-order chi connectivity index (χ0) is 54.4. The Balaban J connectivity index is 0.000000154. The van der Waals surface area contributed by atoms with Crippen LogP contribution < -0.4 is 22.1 Å². The van der Waals surface area contributed by atoms with E-state index in [0.717, 1.165) is 28.5 Å². The molecular weight excluding hydrogens is 1050 g/mol. The highest BCUT2D eigenvalue weighted by molar-refractivity contribution is 6.31. The summed E-state index contributed by atoms with van der Waals surface area (Å²) in [4.78, 5) is 52.8. The van der Waals surface area contributed by atoms with Crippen LogP contribution in [-0.2, 0) is 31.0 Å². The van der Waals surface area contributed by atoms with Crippen molar-refractivity contribution >= 4 is 68.8 Å². The summed E-state index contributed by atoms with van der Waals surface area (Å²) in [6.07, 6.45) is 23.7. The van der Waals surface area contributed by atoms with Gasteiger partial charge in [0, 0.05) is 37.2 Å². The number of imidazole rings is 4. The van der Waals surface area contributed by atoms with Crippen molar-refractivity contribution in [2.75, 3.05) is 12.3 Å². The van der Waals surface area contributed by atoms with E-state index in [9.17, 15) is 23.2 Å². The number of nitrogens with zero attached hydrogens (tertiary/aromatic N) is 17. The van der Waals surface area contributed by atoms with E-state index < -0.39 is 23.4 Å². The molecule has 28 heteroatoms. The third kappa shape index (κ3) is 10.7. The van der Waals surface area contributed by atoms with Crippen LogP contribution in [-0.4, -0.2) is 106 Å². The Morgan fingerprint density at radius 1 is 0.679 bits per heavy atom. The molecule has 6 N–H and O–H groups in total. The molecule has 2 fully saturated rings. The highest BCUT2D eigenvalue weighted by Gasteiger charge is 2.27. The third-order valence-corrected chi connectivity index (χ3v) is 13.6. The van der Waals surface area contributed by atoms with E-state index in [4.69, 9.17) is 39.7 Å². The van der Waals surface area contributed by atoms with Crippen LogP contribution in [0.1, 0.15) is 105 Å². The highest BCUT2D eigenvalue weighted by Crippen LogP contribution is 2.42. The fourth-order valence-electron chi connectivity index (χ4n) is 8.72. The summed E-state index contributed by atoms with van der Waals surface area (Å²) in [6, 6.07) is 7.03. The highest BCUT2D eigenvalue weighted by atomic mass is 35.5. The molecule has 0 radical (unpaired) electrons. The standard InChI is InChI=1S/C25H21ClFN11O.C22H19ClFN9O.C3H7NO/c1-14-32-30-13-38(14)21-6-16(15-2-3-15)8-36-9-17(31-24(21)36)10-37-11-20(33-34-37)25(39)28-7-19-23-22(27)18(26)4-5-35(23)12-29-19;23-15-3-4-31-11-27-17(20(31)19(15)24)6-26-22(34)18-10-33(30-29-18)9-14-8-32-7-13(12-1-2-12)5-16(25)21(32)28-14;1-3(5)2-4/h4-6,8-9,11-13,15H,2-3,7,10H2,1H3,(H,28,39);3-5,7-8,10-12H,1-2,6,9,25H2,(H,26,34);2,4H2,1H3. The Morgan fingerprint density at radius 2 is 1.17 bits per heavy atom. The number of aryl methyl sites for hydroxylation is 1. The van der Waals surface area contributed by atoms with Gasteiger partial charge in [0.05, 0.1) is 102 Å². The predicted octanol–water partition coefficient (Wildman–Crippen LogP) is 5.45. The summed E-state index contributed by atoms with van der Waals surface area (Å²) in [7, 11) is 0. The molecule has 0 bridgehead atoms. The number of nitrogen functional groups attached to an aromatic ring is 1. The van der Waals surface area contributed by atoms with Crippen LogP contribution in [0.2, 0.25) is 10.0 Å². The summed E-state index contributed by atoms with van der Waals surface area (Å²) in [5.41, 5.74) is 19.4. The number of amides is 2. The molecule has 398 valence electrons. The van der Waals surface area contributed by atoms with Crippen LogP contribution in [0.3, 0.4) is 0 Å². The van der Waals surface area contributed by atoms with E-state index in [2.05, 4.69) is 74.9 Å². The molecule has 24 nitrogen and oxygen atoms in total. The van der Waals surface area contributed by atoms with Crippen molar-refractivity contribution in [2.24, 2.45) is 5.73 Å². The SMILES string of the molecule is CC(=O)CN.Cc1nncn1-c1cc(C2CC2)cn2cc(Cn3cc(C(=O)NCc4ncn5ccc(Cl)c(F)c45)nn3)nc12.Nc1cc(C2CC2)cn2cc(Cn3cc(C(=O)NCc4ncn5ccc(Cl)c(F)c45)nn3)nc12. The normalized spacial score (nSPS) is 13.2. The van der Waals surface area contributed by atoms with Gasteiger partial charge < -0.3 is 39.7 Å². The molecule has 2 aliphatic rings. The Kier molecular flexibility index (Phi) is 13.9. The molecule has 11 aromatic rings. The second kappa shape index (κ2) is 21.2. The Labute approximate surface area is 450 Å². The van der Waals surface area contributed by atoms with Gasteiger partial charge in [-0.15, -0.1) is 20.4 Å². The van der Waals surface area contributed by atoms with E-state index in [-0.39, 0.29) is 57.9 Å². The van der Waals surface area contributed by atoms with E-state index in [0.29, 0.717) is 47.6 Å². The number of nitrogens with one attached hydrogen (secondary N) is 2. The first-order chi connectivity index (χ1) is 37.7. The molecule has 0 atom stereocenters. The second-order valence-electron chi connectivity index (χ2n) is 18.8. The Hall–Kier alpha value is -9.01. The van der Waals surface area contributed by atoms with Gasteiger partial charge >= 0.3 is 0 Å². The lowest BCUT2D eigenvalue weighted by molar-refractivity contribution is -0.115. The summed E-state index contributed by atoms with van der Waals surface area (Å²) in [5.74, 6) is -0.146. The van der Waals surface area contributed by atoms with Crippen molar-refractivity contribution in [1.82, 2.24) is 92.9 Å². The lowest BCUT2D eigenvalue weighted by Gasteiger charge is -2.09. The average Bonchev–Trinajstić information content (AvgIpc) is 4.01. The van der Waals surface area contributed by atoms with Crippen molar-refractivity contribution in [1.29, 1.82) is 0 Å². The van der Waals surface area contributed by atoms with E-state index >= 15 is 0 Å². The topological polar surface area (TPSA) is 289 Å². The molecule has 13 rings (SSSR count). The van der Waals surface area contributed by atoms with Gasteiger partial charge in [-0.25, -0.2) is 38.1 Å². The minimum absolute atomic E-state index is 0.000515. The number of pyridine rings is 4. The molecule has 0 aromatic carbocycles. The predicted molar refractivity (Wildman–Crippen MR) is 279 cm³/mol. The number of Topliss-reactive ketones (excluding diaryl/α,β-unsaturated/α-hetero) is 1. The summed E-state index contributed by atoms with van der Waals surface area (Å²) < 4.78 is 40.8. The number of carbonyl (C=O) groups excluding carboxylic acids is 3. The summed E-state index contributed by atoms with van der Waals surface area (Å²) in [5, 5.41) is 29.6. The number of ketones is 1. The smallest absolute Gasteiger partial charge is 0.273 e. The molecule has 0 unspecified atom stereocenters. The van der Waals surface area contributed by atoms with Gasteiger partial charge in [-0.05, 0) is 86.8 Å². The van der Waals surface area contributed by atoms with Crippen LogP contribution in [0.5, 0.6) is 0 Å². The Morgan fingerprint density at radius 3 is 1.64 bits per heavy atom. The number of aromatic nitrogens is 17. The van der Waals surface area contributed by atoms with Crippen molar-refractivity contribution in [3.63, 3.8) is 0 Å². The number of nitrogens with two attached hydrogens (primary N) is 2. The molecule has 2 aliphatic carbocycles. The maximum atomic E-state index is 14.5. The van der Waals surface area contributed by atoms with Gasteiger partial charge in [-0.2, -0.15) is 0 Å². The van der Waals surface area contributed by atoms with Gasteiger partial charge in [0.1, 0.15) is 29.0 Å². The maximum absolute atomic E-state index is 14.5. The minimum atomic E-state index is -0.591. The maximum Gasteiger partial charge on any atom is 0.273 e. The zero-order valence-corrected chi connectivity index (χ0v) is 43.2. The molecule has 2 saturated carbocycles. The largest absolute Gasteiger partial charge is 0.396 e. The zero-order valence-electron chi connectivity index (χ0n) is 41.7. The summed E-state index contributed by atoms with van der Waals surface area (Å²) in [6.45, 7) is 4.18. The van der Waals surface area contributed by atoms with Crippen molar-refractivity contribution in [2.45, 2.75) is 77.5 Å². The first-order valence-electron chi connectivity index (χ1n) is 24.5.